The van der Waals surface area contributed by atoms with E-state index >= 15 is 0 Å². The topological polar surface area (TPSA) is 241 Å². The van der Waals surface area contributed by atoms with Gasteiger partial charge in [-0.05, 0) is 77.0 Å². The molecule has 0 aromatic rings. The largest absolute Gasteiger partial charge is 2.00 e. The molecule has 0 amide bonds. The van der Waals surface area contributed by atoms with Crippen LogP contribution in [0.4, 0.5) is 0 Å². The maximum Gasteiger partial charge on any atom is 2.00 e. The Morgan fingerprint density at radius 2 is 0.171 bits per heavy atom. The van der Waals surface area contributed by atoms with Crippen molar-refractivity contribution >= 4 is 145 Å². The van der Waals surface area contributed by atoms with Gasteiger partial charge in [0.25, 0.3) is 0 Å². The summed E-state index contributed by atoms with van der Waals surface area (Å²) < 4.78 is 0. The van der Waals surface area contributed by atoms with E-state index < -0.39 is 35.8 Å². The smallest absolute Gasteiger partial charge is 0.550 e. The molecule has 0 atom stereocenters. The van der Waals surface area contributed by atoms with Crippen LogP contribution < -0.4 is 30.6 Å². The number of unbranched alkanes of at least 4 members (excludes halogenated alkanes) is 84. The zero-order valence-electron chi connectivity index (χ0n) is 83.9. The molecule has 0 aliphatic rings. The van der Waals surface area contributed by atoms with E-state index in [1.165, 1.54) is 501 Å². The Morgan fingerprint density at radius 1 is 0.122 bits per heavy atom. The van der Waals surface area contributed by atoms with Crippen molar-refractivity contribution in [1.82, 2.24) is 0 Å². The number of rotatable bonds is 96. The van der Waals surface area contributed by atoms with Gasteiger partial charge in [0.1, 0.15) is 0 Å². The predicted octanol–water partition coefficient (Wildman–Crippen LogP) is 28.8. The molecule has 123 heavy (non-hydrogen) atoms. The van der Waals surface area contributed by atoms with Gasteiger partial charge in [-0.2, -0.15) is 0 Å². The third-order valence-electron chi connectivity index (χ3n) is 23.9. The number of hydrogen-bond donors (Lipinski definition) is 0. The summed E-state index contributed by atoms with van der Waals surface area (Å²) in [6, 6.07) is 0. The molecule has 0 aromatic heterocycles. The van der Waals surface area contributed by atoms with Crippen molar-refractivity contribution in [3.05, 3.63) is 0 Å². The predicted molar refractivity (Wildman–Crippen MR) is 525 cm³/mol. The van der Waals surface area contributed by atoms with E-state index in [1.54, 1.807) is 0 Å². The molecule has 0 rings (SSSR count). The molecule has 0 fully saturated rings. The molecule has 0 spiro atoms. The Morgan fingerprint density at radius 3 is 0.220 bits per heavy atom. The summed E-state index contributed by atoms with van der Waals surface area (Å²) in [6.45, 7) is 13.6. The van der Waals surface area contributed by atoms with Gasteiger partial charge in [0.05, 0.1) is 0 Å². The van der Waals surface area contributed by atoms with Gasteiger partial charge in [-0.25, -0.2) is 0 Å². The van der Waals surface area contributed by atoms with Crippen LogP contribution in [0.2, 0.25) is 0 Å². The van der Waals surface area contributed by atoms with Crippen LogP contribution in [0.5, 0.6) is 0 Å². The summed E-state index contributed by atoms with van der Waals surface area (Å²) in [5, 5.41) is 61.3. The van der Waals surface area contributed by atoms with E-state index in [9.17, 15) is 59.4 Å². The van der Waals surface area contributed by atoms with E-state index in [2.05, 4.69) is 41.5 Å². The Balaban J connectivity index is -0.000000180. The first kappa shape index (κ1) is 141. The summed E-state index contributed by atoms with van der Waals surface area (Å²) in [4.78, 5) is 61.3. The van der Waals surface area contributed by atoms with Crippen LogP contribution in [0, 0.1) is 0 Å². The van der Waals surface area contributed by atoms with E-state index in [4.69, 9.17) is 0 Å². The Bertz CT molecular complexity index is 1580. The Kier molecular flexibility index (Phi) is 158. The monoisotopic (exact) mass is 1900 g/mol. The fraction of sp³-hybridized carbons (Fsp3) is 0.944. The molecule has 0 aromatic carbocycles. The fourth-order valence-electron chi connectivity index (χ4n) is 15.8. The van der Waals surface area contributed by atoms with Gasteiger partial charge in [-0.15, -0.1) is 0 Å². The number of carbonyl (C=O) groups excluding carboxylic acids is 6. The normalized spacial score (nSPS) is 10.6. The third-order valence-corrected chi connectivity index (χ3v) is 23.9. The van der Waals surface area contributed by atoms with Gasteiger partial charge >= 0.3 is 110 Å². The average molecular weight is 1900 g/mol. The zero-order valence-corrected chi connectivity index (χ0v) is 92.0. The molecule has 0 heterocycles. The molecule has 0 aliphatic carbocycles. The Hall–Kier alpha value is 0.417. The third kappa shape index (κ3) is 169. The molecular weight excluding hydrogens is 1690 g/mol. The zero-order chi connectivity index (χ0) is 89.3. The maximum absolute atomic E-state index is 10.2. The van der Waals surface area contributed by atoms with Crippen LogP contribution >= 0.6 is 0 Å². The minimum Gasteiger partial charge on any atom is -0.550 e. The first-order valence-corrected chi connectivity index (χ1v) is 53.8. The SMILES string of the molecule is CCCCCCCCCCCCCCCCCC(=O)[O-].CCCCCCCCCCCCCCCCCC(=O)[O-].CCCCCCCCCCCCCCCCCC(=O)[O-].CCCCCCCCCCCCCCCCCC(=O)[O-].CCCCCCCCCCCCCCCCCC(=O)[O-].CCCCCCCCCCCCCCCCCC(=O)[O-].[Ba+2].[Ca+2].[Mg+2]. The van der Waals surface area contributed by atoms with Gasteiger partial charge in [0, 0.05) is 35.8 Å². The van der Waals surface area contributed by atoms with Crippen LogP contribution in [-0.4, -0.2) is 145 Å². The summed E-state index contributed by atoms with van der Waals surface area (Å²) in [5.41, 5.74) is 0. The van der Waals surface area contributed by atoms with Gasteiger partial charge in [-0.1, -0.05) is 581 Å². The second-order valence-corrected chi connectivity index (χ2v) is 36.4. The van der Waals surface area contributed by atoms with Crippen LogP contribution in [0.15, 0.2) is 0 Å². The molecule has 12 nitrogen and oxygen atoms in total. The van der Waals surface area contributed by atoms with Crippen molar-refractivity contribution in [2.45, 2.75) is 658 Å². The molecular formula is C108H210BaCaMgO12. The fourth-order valence-corrected chi connectivity index (χ4v) is 15.8. The van der Waals surface area contributed by atoms with Crippen molar-refractivity contribution in [3.8, 4) is 0 Å². The molecule has 0 saturated carbocycles. The van der Waals surface area contributed by atoms with E-state index in [1.807, 2.05) is 0 Å². The summed E-state index contributed by atoms with van der Waals surface area (Å²) in [7, 11) is 0. The molecule has 15 heteroatoms. The van der Waals surface area contributed by atoms with Crippen molar-refractivity contribution in [2.75, 3.05) is 0 Å². The minimum absolute atomic E-state index is 0. The van der Waals surface area contributed by atoms with Crippen molar-refractivity contribution < 1.29 is 59.4 Å². The number of carboxylic acids is 6. The summed E-state index contributed by atoms with van der Waals surface area (Å²) >= 11 is 0. The van der Waals surface area contributed by atoms with Gasteiger partial charge in [0.2, 0.25) is 0 Å². The second-order valence-electron chi connectivity index (χ2n) is 36.4. The molecule has 0 radical (unpaired) electrons. The molecule has 720 valence electrons. The maximum atomic E-state index is 10.2. The average Bonchev–Trinajstić information content (AvgIpc) is 1.20. The van der Waals surface area contributed by atoms with Crippen molar-refractivity contribution in [2.24, 2.45) is 0 Å². The van der Waals surface area contributed by atoms with Crippen molar-refractivity contribution in [3.63, 3.8) is 0 Å². The number of carbonyl (C=O) groups is 6. The van der Waals surface area contributed by atoms with Gasteiger partial charge < -0.3 is 59.4 Å². The number of carboxylic acid groups (broad SMARTS) is 6. The summed E-state index contributed by atoms with van der Waals surface area (Å²) in [6.07, 6.45) is 119. The minimum atomic E-state index is -0.903. The quantitative estimate of drug-likeness (QED) is 0.0408. The van der Waals surface area contributed by atoms with Crippen LogP contribution in [-0.2, 0) is 28.8 Å². The summed E-state index contributed by atoms with van der Waals surface area (Å²) in [5.74, 6) is -5.42. The molecule has 0 N–H and O–H groups in total. The van der Waals surface area contributed by atoms with Crippen LogP contribution in [0.3, 0.4) is 0 Å². The Labute approximate surface area is 854 Å². The first-order valence-electron chi connectivity index (χ1n) is 53.8. The molecule has 0 aliphatic heterocycles. The molecule has 0 bridgehead atoms. The van der Waals surface area contributed by atoms with Crippen LogP contribution in [0.1, 0.15) is 658 Å². The number of hydrogen-bond acceptors (Lipinski definition) is 12. The van der Waals surface area contributed by atoms with Crippen LogP contribution in [0.25, 0.3) is 0 Å². The van der Waals surface area contributed by atoms with E-state index in [-0.39, 0.29) is 148 Å². The van der Waals surface area contributed by atoms with Gasteiger partial charge in [0.15, 0.2) is 0 Å². The standard InChI is InChI=1S/6C18H36O2.Ba.Ca.Mg/c6*1-2-3-4-5-6-7-8-9-10-11-12-13-14-15-16-17-18(19)20;;;/h6*2-17H2,1H3,(H,19,20);;;/q;;;;;;3*+2/p-6. The number of aliphatic carboxylic acids is 6. The first-order chi connectivity index (χ1) is 58.6. The van der Waals surface area contributed by atoms with Gasteiger partial charge in [-0.3, -0.25) is 0 Å². The van der Waals surface area contributed by atoms with E-state index in [0.29, 0.717) is 0 Å². The molecule has 0 unspecified atom stereocenters. The van der Waals surface area contributed by atoms with E-state index in [0.717, 1.165) is 77.0 Å². The molecule has 0 saturated heterocycles. The second kappa shape index (κ2) is 138. The van der Waals surface area contributed by atoms with Crippen molar-refractivity contribution in [1.29, 1.82) is 0 Å².